The van der Waals surface area contributed by atoms with E-state index < -0.39 is 0 Å². The highest BCUT2D eigenvalue weighted by Gasteiger charge is 2.23. The molecule has 1 saturated carbocycles. The Hall–Kier alpha value is -1.58. The third kappa shape index (κ3) is 2.57. The van der Waals surface area contributed by atoms with Crippen LogP contribution in [0.25, 0.3) is 0 Å². The zero-order valence-corrected chi connectivity index (χ0v) is 11.1. The van der Waals surface area contributed by atoms with Crippen molar-refractivity contribution < 1.29 is 9.18 Å². The van der Waals surface area contributed by atoms with Crippen molar-refractivity contribution in [3.05, 3.63) is 23.5 Å². The number of aryl methyl sites for hydroxylation is 1. The fourth-order valence-corrected chi connectivity index (χ4v) is 3.07. The number of carbonyl (C=O) groups excluding carboxylic acids is 1. The van der Waals surface area contributed by atoms with Crippen molar-refractivity contribution in [1.82, 2.24) is 0 Å². The zero-order valence-electron chi connectivity index (χ0n) is 11.1. The molecule has 1 fully saturated rings. The summed E-state index contributed by atoms with van der Waals surface area (Å²) in [4.78, 5) is 11.4. The second kappa shape index (κ2) is 4.83. The molecule has 0 radical (unpaired) electrons. The van der Waals surface area contributed by atoms with E-state index in [1.807, 2.05) is 0 Å². The Labute approximate surface area is 112 Å². The Morgan fingerprint density at radius 1 is 1.32 bits per heavy atom. The minimum absolute atomic E-state index is 0.0135. The largest absolute Gasteiger partial charge is 0.380 e. The van der Waals surface area contributed by atoms with E-state index in [1.54, 1.807) is 12.1 Å². The quantitative estimate of drug-likeness (QED) is 0.858. The van der Waals surface area contributed by atoms with E-state index in [0.717, 1.165) is 24.1 Å². The molecule has 19 heavy (non-hydrogen) atoms. The number of nitrogens with one attached hydrogen (secondary N) is 2. The third-order valence-electron chi connectivity index (χ3n) is 4.14. The summed E-state index contributed by atoms with van der Waals surface area (Å²) in [5.74, 6) is 0.506. The number of benzene rings is 1. The summed E-state index contributed by atoms with van der Waals surface area (Å²) in [6, 6.07) is 3.64. The van der Waals surface area contributed by atoms with Gasteiger partial charge in [0.25, 0.3) is 0 Å². The predicted octanol–water partition coefficient (Wildman–Crippen LogP) is 3.31. The average molecular weight is 262 g/mol. The lowest BCUT2D eigenvalue weighted by Gasteiger charge is -2.20. The van der Waals surface area contributed by atoms with Crippen molar-refractivity contribution in [3.63, 3.8) is 0 Å². The number of amides is 1. The van der Waals surface area contributed by atoms with Gasteiger partial charge < -0.3 is 10.6 Å². The van der Waals surface area contributed by atoms with Crippen LogP contribution in [0.15, 0.2) is 12.1 Å². The molecule has 2 aliphatic rings. The summed E-state index contributed by atoms with van der Waals surface area (Å²) >= 11 is 0. The van der Waals surface area contributed by atoms with Gasteiger partial charge in [-0.1, -0.05) is 6.92 Å². The molecule has 2 unspecified atom stereocenters. The van der Waals surface area contributed by atoms with Crippen molar-refractivity contribution in [3.8, 4) is 0 Å². The fraction of sp³-hybridized carbons (Fsp3) is 0.533. The van der Waals surface area contributed by atoms with Gasteiger partial charge in [0.15, 0.2) is 0 Å². The van der Waals surface area contributed by atoms with E-state index in [1.165, 1.54) is 6.42 Å². The second-order valence-electron chi connectivity index (χ2n) is 5.80. The summed E-state index contributed by atoms with van der Waals surface area (Å²) in [6.45, 7) is 2.23. The minimum atomic E-state index is -0.213. The van der Waals surface area contributed by atoms with Gasteiger partial charge in [0, 0.05) is 18.2 Å². The van der Waals surface area contributed by atoms with Gasteiger partial charge in [-0.25, -0.2) is 4.39 Å². The van der Waals surface area contributed by atoms with Crippen molar-refractivity contribution in [2.24, 2.45) is 5.92 Å². The van der Waals surface area contributed by atoms with Gasteiger partial charge in [-0.05, 0) is 49.3 Å². The fourth-order valence-electron chi connectivity index (χ4n) is 3.07. The van der Waals surface area contributed by atoms with Crippen molar-refractivity contribution >= 4 is 17.3 Å². The van der Waals surface area contributed by atoms with Crippen LogP contribution >= 0.6 is 0 Å². The van der Waals surface area contributed by atoms with Gasteiger partial charge in [0.05, 0.1) is 5.69 Å². The molecule has 1 aliphatic heterocycles. The Morgan fingerprint density at radius 3 is 2.89 bits per heavy atom. The van der Waals surface area contributed by atoms with Crippen molar-refractivity contribution in [1.29, 1.82) is 0 Å². The molecule has 2 N–H and O–H groups in total. The van der Waals surface area contributed by atoms with Crippen LogP contribution in [0.2, 0.25) is 0 Å². The van der Waals surface area contributed by atoms with Crippen LogP contribution < -0.4 is 10.6 Å². The molecule has 0 bridgehead atoms. The number of hydrogen-bond donors (Lipinski definition) is 2. The van der Waals surface area contributed by atoms with Crippen molar-refractivity contribution in [2.45, 2.75) is 45.1 Å². The Morgan fingerprint density at radius 2 is 2.16 bits per heavy atom. The van der Waals surface area contributed by atoms with Gasteiger partial charge in [-0.2, -0.15) is 0 Å². The highest BCUT2D eigenvalue weighted by Crippen LogP contribution is 2.32. The van der Waals surface area contributed by atoms with Crippen LogP contribution in [-0.2, 0) is 11.2 Å². The van der Waals surface area contributed by atoms with Gasteiger partial charge >= 0.3 is 0 Å². The summed E-state index contributed by atoms with van der Waals surface area (Å²) in [6.07, 6.45) is 4.44. The molecule has 0 spiro atoms. The van der Waals surface area contributed by atoms with Gasteiger partial charge in [0.2, 0.25) is 5.91 Å². The lowest BCUT2D eigenvalue weighted by atomic mass is 10.0. The standard InChI is InChI=1S/C15H19FN2O/c1-9-2-4-11(6-9)17-14-8-13-10(7-12(14)16)3-5-15(19)18-13/h7-9,11,17H,2-6H2,1H3,(H,18,19). The molecule has 3 nitrogen and oxygen atoms in total. The third-order valence-corrected chi connectivity index (χ3v) is 4.14. The normalized spacial score (nSPS) is 25.9. The van der Waals surface area contributed by atoms with E-state index in [-0.39, 0.29) is 11.7 Å². The lowest BCUT2D eigenvalue weighted by Crippen LogP contribution is -2.21. The number of hydrogen-bond acceptors (Lipinski definition) is 2. The number of rotatable bonds is 2. The van der Waals surface area contributed by atoms with E-state index in [0.29, 0.717) is 30.5 Å². The lowest BCUT2D eigenvalue weighted by molar-refractivity contribution is -0.116. The molecule has 4 heteroatoms. The number of carbonyl (C=O) groups is 1. The van der Waals surface area contributed by atoms with Crippen LogP contribution in [0.5, 0.6) is 0 Å². The van der Waals surface area contributed by atoms with Gasteiger partial charge in [0.1, 0.15) is 5.82 Å². The minimum Gasteiger partial charge on any atom is -0.380 e. The second-order valence-corrected chi connectivity index (χ2v) is 5.80. The first-order valence-electron chi connectivity index (χ1n) is 7.00. The summed E-state index contributed by atoms with van der Waals surface area (Å²) < 4.78 is 14.1. The van der Waals surface area contributed by atoms with E-state index in [2.05, 4.69) is 17.6 Å². The maximum Gasteiger partial charge on any atom is 0.224 e. The summed E-state index contributed by atoms with van der Waals surface area (Å²) in [7, 11) is 0. The van der Waals surface area contributed by atoms with Crippen LogP contribution in [0, 0.1) is 11.7 Å². The van der Waals surface area contributed by atoms with Crippen LogP contribution in [0.3, 0.4) is 0 Å². The SMILES string of the molecule is CC1CCC(Nc2cc3c(cc2F)CCC(=O)N3)C1. The molecular formula is C15H19FN2O. The topological polar surface area (TPSA) is 41.1 Å². The first-order valence-corrected chi connectivity index (χ1v) is 7.00. The first-order chi connectivity index (χ1) is 9.11. The van der Waals surface area contributed by atoms with E-state index in [9.17, 15) is 9.18 Å². The molecule has 0 saturated heterocycles. The molecule has 1 heterocycles. The monoisotopic (exact) mass is 262 g/mol. The molecule has 1 aliphatic carbocycles. The molecule has 1 aromatic rings. The number of fused-ring (bicyclic) bond motifs is 1. The number of anilines is 2. The molecule has 102 valence electrons. The first kappa shape index (κ1) is 12.5. The Bertz CT molecular complexity index is 515. The summed E-state index contributed by atoms with van der Waals surface area (Å²) in [5.41, 5.74) is 2.16. The number of halogens is 1. The Kier molecular flexibility index (Phi) is 3.17. The maximum absolute atomic E-state index is 14.1. The van der Waals surface area contributed by atoms with Crippen LogP contribution in [-0.4, -0.2) is 11.9 Å². The van der Waals surface area contributed by atoms with Crippen molar-refractivity contribution in [2.75, 3.05) is 10.6 Å². The van der Waals surface area contributed by atoms with Gasteiger partial charge in [-0.15, -0.1) is 0 Å². The highest BCUT2D eigenvalue weighted by atomic mass is 19.1. The molecule has 3 rings (SSSR count). The Balaban J connectivity index is 1.81. The molecular weight excluding hydrogens is 243 g/mol. The molecule has 2 atom stereocenters. The van der Waals surface area contributed by atoms with Crippen LogP contribution in [0.1, 0.15) is 38.2 Å². The highest BCUT2D eigenvalue weighted by molar-refractivity contribution is 5.94. The van der Waals surface area contributed by atoms with E-state index in [4.69, 9.17) is 0 Å². The van der Waals surface area contributed by atoms with E-state index >= 15 is 0 Å². The predicted molar refractivity (Wildman–Crippen MR) is 73.8 cm³/mol. The maximum atomic E-state index is 14.1. The molecule has 1 aromatic carbocycles. The summed E-state index contributed by atoms with van der Waals surface area (Å²) in [5, 5.41) is 6.09. The smallest absolute Gasteiger partial charge is 0.224 e. The van der Waals surface area contributed by atoms with Gasteiger partial charge in [-0.3, -0.25) is 4.79 Å². The average Bonchev–Trinajstić information content (AvgIpc) is 2.76. The molecule has 1 amide bonds. The van der Waals surface area contributed by atoms with Crippen LogP contribution in [0.4, 0.5) is 15.8 Å². The zero-order chi connectivity index (χ0) is 13.4. The molecule has 0 aromatic heterocycles.